The first kappa shape index (κ1) is 17.2. The molecule has 0 spiro atoms. The Morgan fingerprint density at radius 3 is 2.33 bits per heavy atom. The van der Waals surface area contributed by atoms with Crippen LogP contribution in [0, 0.1) is 0 Å². The highest BCUT2D eigenvalue weighted by Gasteiger charge is 2.37. The lowest BCUT2D eigenvalue weighted by Gasteiger charge is -2.31. The Morgan fingerprint density at radius 2 is 1.94 bits per heavy atom. The molecule has 0 amide bonds. The minimum Gasteiger partial charge on any atom is -0.480 e. The zero-order valence-corrected chi connectivity index (χ0v) is 12.3. The third-order valence-corrected chi connectivity index (χ3v) is 4.14. The van der Waals surface area contributed by atoms with Crippen molar-refractivity contribution in [3.8, 4) is 0 Å². The quantitative estimate of drug-likeness (QED) is 0.656. The van der Waals surface area contributed by atoms with Gasteiger partial charge in [-0.25, -0.2) is 0 Å². The monoisotopic (exact) mass is 277 g/mol. The van der Waals surface area contributed by atoms with Gasteiger partial charge in [-0.2, -0.15) is 0 Å². The molecular formula is C12H23NO4S. The summed E-state index contributed by atoms with van der Waals surface area (Å²) >= 11 is 1.28. The standard InChI is InChI=1S/C12H23NO4S/c1-5-7-8(11(16)17-6-2)18-12(3,4)9(13)10(14)15/h8-9H,5-7,13H2,1-4H3,(H,14,15)/t8?,9-/m1/s1. The van der Waals surface area contributed by atoms with E-state index in [4.69, 9.17) is 15.6 Å². The summed E-state index contributed by atoms with van der Waals surface area (Å²) in [7, 11) is 0. The molecule has 0 saturated carbocycles. The number of ether oxygens (including phenoxy) is 1. The van der Waals surface area contributed by atoms with Crippen LogP contribution in [-0.4, -0.2) is 39.7 Å². The fraction of sp³-hybridized carbons (Fsp3) is 0.833. The second kappa shape index (κ2) is 7.63. The van der Waals surface area contributed by atoms with Gasteiger partial charge in [0.2, 0.25) is 0 Å². The Hall–Kier alpha value is -0.750. The highest BCUT2D eigenvalue weighted by Crippen LogP contribution is 2.34. The summed E-state index contributed by atoms with van der Waals surface area (Å²) in [6.45, 7) is 7.51. The first-order chi connectivity index (χ1) is 8.26. The van der Waals surface area contributed by atoms with Crippen molar-refractivity contribution >= 4 is 23.7 Å². The number of carbonyl (C=O) groups is 2. The minimum atomic E-state index is -1.06. The maximum atomic E-state index is 11.8. The first-order valence-corrected chi connectivity index (χ1v) is 6.97. The number of thioether (sulfide) groups is 1. The largest absolute Gasteiger partial charge is 0.480 e. The van der Waals surface area contributed by atoms with Crippen LogP contribution in [0.3, 0.4) is 0 Å². The third-order valence-electron chi connectivity index (χ3n) is 2.56. The van der Waals surface area contributed by atoms with Crippen molar-refractivity contribution in [3.63, 3.8) is 0 Å². The van der Waals surface area contributed by atoms with E-state index in [-0.39, 0.29) is 11.2 Å². The number of hydrogen-bond acceptors (Lipinski definition) is 5. The average molecular weight is 277 g/mol. The maximum absolute atomic E-state index is 11.8. The van der Waals surface area contributed by atoms with Crippen LogP contribution in [0.5, 0.6) is 0 Å². The molecule has 5 nitrogen and oxygen atoms in total. The summed E-state index contributed by atoms with van der Waals surface area (Å²) in [6, 6.07) is -1.02. The summed E-state index contributed by atoms with van der Waals surface area (Å²) in [6.07, 6.45) is 1.48. The SMILES string of the molecule is CCCC(SC(C)(C)[C@H](N)C(=O)O)C(=O)OCC. The van der Waals surface area contributed by atoms with Gasteiger partial charge in [0.25, 0.3) is 0 Å². The molecule has 0 radical (unpaired) electrons. The van der Waals surface area contributed by atoms with Crippen LogP contribution >= 0.6 is 11.8 Å². The zero-order chi connectivity index (χ0) is 14.3. The molecule has 1 unspecified atom stereocenters. The number of carbonyl (C=O) groups excluding carboxylic acids is 1. The molecule has 0 aromatic rings. The van der Waals surface area contributed by atoms with Gasteiger partial charge in [0, 0.05) is 4.75 Å². The molecular weight excluding hydrogens is 254 g/mol. The van der Waals surface area contributed by atoms with Gasteiger partial charge in [-0.1, -0.05) is 13.3 Å². The molecule has 106 valence electrons. The van der Waals surface area contributed by atoms with E-state index in [2.05, 4.69) is 0 Å². The normalized spacial score (nSPS) is 14.9. The lowest BCUT2D eigenvalue weighted by molar-refractivity contribution is -0.143. The maximum Gasteiger partial charge on any atom is 0.321 e. The Morgan fingerprint density at radius 1 is 1.39 bits per heavy atom. The predicted octanol–water partition coefficient (Wildman–Crippen LogP) is 1.64. The van der Waals surface area contributed by atoms with E-state index in [1.165, 1.54) is 11.8 Å². The van der Waals surface area contributed by atoms with Crippen molar-refractivity contribution in [1.29, 1.82) is 0 Å². The molecule has 0 aliphatic rings. The van der Waals surface area contributed by atoms with Crippen LogP contribution in [0.2, 0.25) is 0 Å². The van der Waals surface area contributed by atoms with Crippen LogP contribution < -0.4 is 5.73 Å². The van der Waals surface area contributed by atoms with Crippen LogP contribution in [0.4, 0.5) is 0 Å². The highest BCUT2D eigenvalue weighted by molar-refractivity contribution is 8.02. The second-order valence-electron chi connectivity index (χ2n) is 4.57. The smallest absolute Gasteiger partial charge is 0.321 e. The molecule has 0 aromatic heterocycles. The molecule has 2 atom stereocenters. The third kappa shape index (κ3) is 5.27. The van der Waals surface area contributed by atoms with Crippen LogP contribution in [0.15, 0.2) is 0 Å². The molecule has 0 aromatic carbocycles. The van der Waals surface area contributed by atoms with Crippen molar-refractivity contribution in [3.05, 3.63) is 0 Å². The van der Waals surface area contributed by atoms with Gasteiger partial charge >= 0.3 is 11.9 Å². The first-order valence-electron chi connectivity index (χ1n) is 6.09. The molecule has 0 fully saturated rings. The van der Waals surface area contributed by atoms with Crippen molar-refractivity contribution in [2.45, 2.75) is 56.6 Å². The fourth-order valence-electron chi connectivity index (χ4n) is 1.46. The van der Waals surface area contributed by atoms with Gasteiger partial charge in [-0.15, -0.1) is 11.8 Å². The topological polar surface area (TPSA) is 89.6 Å². The summed E-state index contributed by atoms with van der Waals surface area (Å²) in [4.78, 5) is 22.7. The second-order valence-corrected chi connectivity index (χ2v) is 6.42. The molecule has 0 aliphatic heterocycles. The van der Waals surface area contributed by atoms with Gasteiger partial charge in [-0.05, 0) is 27.2 Å². The van der Waals surface area contributed by atoms with Crippen molar-refractivity contribution in [2.75, 3.05) is 6.61 Å². The number of carboxylic acids is 1. The Labute approximate surface area is 112 Å². The number of carboxylic acid groups (broad SMARTS) is 1. The molecule has 0 rings (SSSR count). The van der Waals surface area contributed by atoms with E-state index in [1.807, 2.05) is 6.92 Å². The summed E-state index contributed by atoms with van der Waals surface area (Å²) < 4.78 is 4.27. The van der Waals surface area contributed by atoms with Crippen molar-refractivity contribution in [2.24, 2.45) is 5.73 Å². The summed E-state index contributed by atoms with van der Waals surface area (Å²) in [5.41, 5.74) is 5.64. The average Bonchev–Trinajstić information content (AvgIpc) is 2.27. The van der Waals surface area contributed by atoms with E-state index < -0.39 is 16.8 Å². The van der Waals surface area contributed by atoms with E-state index >= 15 is 0 Å². The van der Waals surface area contributed by atoms with Gasteiger partial charge in [0.1, 0.15) is 11.3 Å². The molecule has 0 bridgehead atoms. The molecule has 0 heterocycles. The van der Waals surface area contributed by atoms with Crippen molar-refractivity contribution < 1.29 is 19.4 Å². The summed E-state index contributed by atoms with van der Waals surface area (Å²) in [5, 5.41) is 8.58. The van der Waals surface area contributed by atoms with Crippen molar-refractivity contribution in [1.82, 2.24) is 0 Å². The zero-order valence-electron chi connectivity index (χ0n) is 11.4. The van der Waals surface area contributed by atoms with E-state index in [1.54, 1.807) is 20.8 Å². The number of rotatable bonds is 8. The Bertz CT molecular complexity index is 294. The van der Waals surface area contributed by atoms with Crippen LogP contribution in [0.1, 0.15) is 40.5 Å². The molecule has 6 heteroatoms. The molecule has 3 N–H and O–H groups in total. The predicted molar refractivity (Wildman–Crippen MR) is 72.6 cm³/mol. The van der Waals surface area contributed by atoms with Gasteiger partial charge in [0.05, 0.1) is 6.61 Å². The number of hydrogen-bond donors (Lipinski definition) is 2. The molecule has 18 heavy (non-hydrogen) atoms. The summed E-state index contributed by atoms with van der Waals surface area (Å²) in [5.74, 6) is -1.36. The number of esters is 1. The number of aliphatic carboxylic acids is 1. The van der Waals surface area contributed by atoms with Gasteiger partial charge in [0.15, 0.2) is 0 Å². The van der Waals surface area contributed by atoms with Crippen LogP contribution in [-0.2, 0) is 14.3 Å². The van der Waals surface area contributed by atoms with Gasteiger partial charge in [-0.3, -0.25) is 9.59 Å². The number of nitrogens with two attached hydrogens (primary N) is 1. The van der Waals surface area contributed by atoms with E-state index in [9.17, 15) is 9.59 Å². The van der Waals surface area contributed by atoms with E-state index in [0.717, 1.165) is 6.42 Å². The highest BCUT2D eigenvalue weighted by atomic mass is 32.2. The Kier molecular flexibility index (Phi) is 7.32. The lowest BCUT2D eigenvalue weighted by Crippen LogP contribution is -2.48. The molecule has 0 saturated heterocycles. The molecule has 0 aliphatic carbocycles. The fourth-order valence-corrected chi connectivity index (χ4v) is 2.96. The van der Waals surface area contributed by atoms with Gasteiger partial charge < -0.3 is 15.6 Å². The van der Waals surface area contributed by atoms with E-state index in [0.29, 0.717) is 13.0 Å². The lowest BCUT2D eigenvalue weighted by atomic mass is 10.1. The van der Waals surface area contributed by atoms with Crippen LogP contribution in [0.25, 0.3) is 0 Å². The Balaban J connectivity index is 4.75. The minimum absolute atomic E-state index is 0.296.